The van der Waals surface area contributed by atoms with E-state index in [1.807, 2.05) is 6.92 Å². The average molecular weight is 360 g/mol. The number of ether oxygens (including phenoxy) is 1. The molecule has 4 aliphatic carbocycles. The van der Waals surface area contributed by atoms with Gasteiger partial charge in [0.25, 0.3) is 0 Å². The first-order chi connectivity index (χ1) is 12.3. The first kappa shape index (κ1) is 18.4. The minimum atomic E-state index is -0.400. The molecule has 4 fully saturated rings. The van der Waals surface area contributed by atoms with Gasteiger partial charge in [-0.15, -0.1) is 0 Å². The number of carbonyl (C=O) groups is 1. The summed E-state index contributed by atoms with van der Waals surface area (Å²) >= 11 is 0. The lowest BCUT2D eigenvalue weighted by atomic mass is 9.44. The molecular weight excluding hydrogens is 326 g/mol. The number of nitrogens with zero attached hydrogens (tertiary/aromatic N) is 1. The molecule has 0 spiro atoms. The molecule has 0 amide bonds. The van der Waals surface area contributed by atoms with E-state index >= 15 is 0 Å². The fraction of sp³-hybridized carbons (Fsp3) is 0.909. The van der Waals surface area contributed by atoms with Crippen LogP contribution >= 0.6 is 0 Å². The number of carbonyl (C=O) groups excluding carboxylic acids is 1. The van der Waals surface area contributed by atoms with Crippen LogP contribution in [0.25, 0.3) is 0 Å². The lowest BCUT2D eigenvalue weighted by Gasteiger charge is -2.60. The molecule has 0 heterocycles. The monoisotopic (exact) mass is 359 g/mol. The minimum absolute atomic E-state index is 0.0345. The van der Waals surface area contributed by atoms with Gasteiger partial charge in [-0.1, -0.05) is 13.8 Å². The van der Waals surface area contributed by atoms with E-state index in [1.165, 1.54) is 0 Å². The molecule has 0 bridgehead atoms. The Balaban J connectivity index is 1.67. The molecule has 26 heavy (non-hydrogen) atoms. The maximum Gasteiger partial charge on any atom is 0.137 e. The van der Waals surface area contributed by atoms with Crippen LogP contribution in [0.5, 0.6) is 0 Å². The van der Waals surface area contributed by atoms with Crippen molar-refractivity contribution < 1.29 is 14.6 Å². The third-order valence-corrected chi connectivity index (χ3v) is 8.88. The Morgan fingerprint density at radius 2 is 2.00 bits per heavy atom. The topological polar surface area (TPSA) is 70.3 Å². The summed E-state index contributed by atoms with van der Waals surface area (Å²) in [6.45, 7) is 7.08. The zero-order valence-corrected chi connectivity index (χ0v) is 16.4. The zero-order valence-electron chi connectivity index (χ0n) is 16.4. The molecular formula is C22H33NO3. The average Bonchev–Trinajstić information content (AvgIpc) is 2.91. The van der Waals surface area contributed by atoms with Crippen molar-refractivity contribution in [1.29, 1.82) is 5.26 Å². The van der Waals surface area contributed by atoms with E-state index < -0.39 is 6.10 Å². The third-order valence-electron chi connectivity index (χ3n) is 8.88. The van der Waals surface area contributed by atoms with Gasteiger partial charge >= 0.3 is 0 Å². The van der Waals surface area contributed by atoms with Crippen molar-refractivity contribution in [2.45, 2.75) is 77.9 Å². The predicted octanol–water partition coefficient (Wildman–Crippen LogP) is 3.72. The van der Waals surface area contributed by atoms with Gasteiger partial charge in [0.1, 0.15) is 5.78 Å². The van der Waals surface area contributed by atoms with Crippen molar-refractivity contribution in [1.82, 2.24) is 0 Å². The summed E-state index contributed by atoms with van der Waals surface area (Å²) in [7, 11) is 0. The Labute approximate surface area is 157 Å². The summed E-state index contributed by atoms with van der Waals surface area (Å²) in [5.74, 6) is 1.84. The van der Waals surface area contributed by atoms with E-state index in [1.54, 1.807) is 0 Å². The standard InChI is InChI=1S/C22H33NO3/c1-4-26-19-11-22(3)13(9-17(19)24)5-7-15-16-8-6-14(12-23)21(16,2)10-18(25)20(15)22/h13-17,19-20,24H,4-11H2,1-3H3. The maximum absolute atomic E-state index is 13.4. The molecule has 4 rings (SSSR count). The Morgan fingerprint density at radius 1 is 1.23 bits per heavy atom. The third kappa shape index (κ3) is 2.43. The largest absolute Gasteiger partial charge is 0.390 e. The highest BCUT2D eigenvalue weighted by atomic mass is 16.5. The molecule has 4 aliphatic rings. The summed E-state index contributed by atoms with van der Waals surface area (Å²) in [5, 5.41) is 20.1. The molecule has 144 valence electrons. The van der Waals surface area contributed by atoms with Gasteiger partial charge in [-0.2, -0.15) is 5.26 Å². The highest BCUT2D eigenvalue weighted by Crippen LogP contribution is 2.66. The van der Waals surface area contributed by atoms with Crippen LogP contribution in [0.4, 0.5) is 0 Å². The van der Waals surface area contributed by atoms with Crippen LogP contribution in [0.2, 0.25) is 0 Å². The Kier molecular flexibility index (Phi) is 4.48. The van der Waals surface area contributed by atoms with Gasteiger partial charge in [0.15, 0.2) is 0 Å². The maximum atomic E-state index is 13.4. The molecule has 0 aromatic carbocycles. The fourth-order valence-electron chi connectivity index (χ4n) is 7.67. The molecule has 0 saturated heterocycles. The van der Waals surface area contributed by atoms with Gasteiger partial charge in [-0.25, -0.2) is 0 Å². The molecule has 9 atom stereocenters. The smallest absolute Gasteiger partial charge is 0.137 e. The van der Waals surface area contributed by atoms with Crippen LogP contribution < -0.4 is 0 Å². The second-order valence-corrected chi connectivity index (χ2v) is 9.94. The van der Waals surface area contributed by atoms with Crippen LogP contribution in [0, 0.1) is 51.8 Å². The van der Waals surface area contributed by atoms with E-state index in [2.05, 4.69) is 19.9 Å². The molecule has 4 heteroatoms. The number of hydrogen-bond acceptors (Lipinski definition) is 4. The Bertz CT molecular complexity index is 627. The predicted molar refractivity (Wildman–Crippen MR) is 98.0 cm³/mol. The van der Waals surface area contributed by atoms with E-state index in [0.717, 1.165) is 38.5 Å². The first-order valence-electron chi connectivity index (χ1n) is 10.6. The van der Waals surface area contributed by atoms with Gasteiger partial charge in [0.2, 0.25) is 0 Å². The fourth-order valence-corrected chi connectivity index (χ4v) is 7.67. The summed E-state index contributed by atoms with van der Waals surface area (Å²) in [5.41, 5.74) is -0.186. The molecule has 0 aromatic rings. The molecule has 0 aliphatic heterocycles. The minimum Gasteiger partial charge on any atom is -0.390 e. The van der Waals surface area contributed by atoms with Gasteiger partial charge in [-0.05, 0) is 74.0 Å². The van der Waals surface area contributed by atoms with Crippen LogP contribution in [-0.4, -0.2) is 29.7 Å². The van der Waals surface area contributed by atoms with Crippen LogP contribution in [-0.2, 0) is 9.53 Å². The van der Waals surface area contributed by atoms with Gasteiger partial charge in [0.05, 0.1) is 24.2 Å². The summed E-state index contributed by atoms with van der Waals surface area (Å²) in [4.78, 5) is 13.4. The normalized spacial score (nSPS) is 53.3. The molecule has 0 aromatic heterocycles. The van der Waals surface area contributed by atoms with E-state index in [4.69, 9.17) is 4.74 Å². The number of ketones is 1. The number of fused-ring (bicyclic) bond motifs is 5. The van der Waals surface area contributed by atoms with Gasteiger partial charge in [-0.3, -0.25) is 4.79 Å². The van der Waals surface area contributed by atoms with Crippen molar-refractivity contribution in [2.75, 3.05) is 6.61 Å². The van der Waals surface area contributed by atoms with E-state index in [9.17, 15) is 15.2 Å². The lowest BCUT2D eigenvalue weighted by Crippen LogP contribution is -2.60. The van der Waals surface area contributed by atoms with Crippen molar-refractivity contribution in [2.24, 2.45) is 40.4 Å². The van der Waals surface area contributed by atoms with Crippen molar-refractivity contribution >= 4 is 5.78 Å². The second-order valence-electron chi connectivity index (χ2n) is 9.94. The zero-order chi connectivity index (χ0) is 18.7. The van der Waals surface area contributed by atoms with Gasteiger partial charge in [0, 0.05) is 18.9 Å². The summed E-state index contributed by atoms with van der Waals surface area (Å²) in [6, 6.07) is 2.51. The molecule has 4 saturated carbocycles. The molecule has 9 unspecified atom stereocenters. The highest BCUT2D eigenvalue weighted by Gasteiger charge is 2.64. The van der Waals surface area contributed by atoms with Crippen LogP contribution in [0.15, 0.2) is 0 Å². The molecule has 1 N–H and O–H groups in total. The number of aliphatic hydroxyl groups is 1. The number of hydrogen-bond donors (Lipinski definition) is 1. The van der Waals surface area contributed by atoms with Crippen LogP contribution in [0.1, 0.15) is 65.7 Å². The number of rotatable bonds is 2. The molecule has 0 radical (unpaired) electrons. The SMILES string of the molecule is CCOC1CC2(C)C(CCC3C4CCC(C#N)C4(C)CC(=O)C32)CC1O. The summed E-state index contributed by atoms with van der Waals surface area (Å²) < 4.78 is 5.86. The van der Waals surface area contributed by atoms with Crippen LogP contribution in [0.3, 0.4) is 0 Å². The summed E-state index contributed by atoms with van der Waals surface area (Å²) in [6.07, 6.45) is 5.83. The van der Waals surface area contributed by atoms with Crippen molar-refractivity contribution in [3.63, 3.8) is 0 Å². The quantitative estimate of drug-likeness (QED) is 0.816. The van der Waals surface area contributed by atoms with Crippen molar-refractivity contribution in [3.8, 4) is 6.07 Å². The first-order valence-corrected chi connectivity index (χ1v) is 10.6. The second kappa shape index (κ2) is 6.31. The van der Waals surface area contributed by atoms with E-state index in [0.29, 0.717) is 36.6 Å². The number of Topliss-reactive ketones (excluding diaryl/α,β-unsaturated/α-hetero) is 1. The lowest BCUT2D eigenvalue weighted by molar-refractivity contribution is -0.178. The van der Waals surface area contributed by atoms with Gasteiger partial charge < -0.3 is 9.84 Å². The molecule has 4 nitrogen and oxygen atoms in total. The van der Waals surface area contributed by atoms with E-state index in [-0.39, 0.29) is 28.8 Å². The number of nitriles is 1. The van der Waals surface area contributed by atoms with Crippen molar-refractivity contribution in [3.05, 3.63) is 0 Å². The number of aliphatic hydroxyl groups excluding tert-OH is 1. The Hall–Kier alpha value is -0.920. The highest BCUT2D eigenvalue weighted by molar-refractivity contribution is 5.84. The Morgan fingerprint density at radius 3 is 2.69 bits per heavy atom.